The molecule has 0 aliphatic carbocycles. The largest absolute Gasteiger partial charge is 0.385 e. The Morgan fingerprint density at radius 3 is 2.39 bits per heavy atom. The summed E-state index contributed by atoms with van der Waals surface area (Å²) in [5.41, 5.74) is 0.388. The van der Waals surface area contributed by atoms with Gasteiger partial charge in [0.05, 0.1) is 5.60 Å². The van der Waals surface area contributed by atoms with Crippen LogP contribution in [0.5, 0.6) is 0 Å². The average Bonchev–Trinajstić information content (AvgIpc) is 2.34. The summed E-state index contributed by atoms with van der Waals surface area (Å²) in [5, 5.41) is 11.1. The second-order valence-corrected chi connectivity index (χ2v) is 6.04. The van der Waals surface area contributed by atoms with Gasteiger partial charge in [-0.15, -0.1) is 0 Å². The lowest BCUT2D eigenvalue weighted by atomic mass is 9.74. The fourth-order valence-corrected chi connectivity index (χ4v) is 3.26. The Balaban J connectivity index is 2.26. The number of aliphatic hydroxyl groups is 1. The third-order valence-corrected chi connectivity index (χ3v) is 4.41. The predicted octanol–water partition coefficient (Wildman–Crippen LogP) is 3.01. The van der Waals surface area contributed by atoms with Crippen LogP contribution in [0.3, 0.4) is 0 Å². The molecular weight excluding hydrogens is 222 g/mol. The van der Waals surface area contributed by atoms with Gasteiger partial charge in [-0.3, -0.25) is 4.90 Å². The van der Waals surface area contributed by atoms with Crippen LogP contribution < -0.4 is 0 Å². The fraction of sp³-hybridized carbons (Fsp3) is 0.625. The Hall–Kier alpha value is -0.860. The van der Waals surface area contributed by atoms with Gasteiger partial charge >= 0.3 is 0 Å². The zero-order valence-electron chi connectivity index (χ0n) is 11.9. The Kier molecular flexibility index (Phi) is 3.79. The molecule has 100 valence electrons. The molecular formula is C16H25NO. The van der Waals surface area contributed by atoms with E-state index < -0.39 is 5.60 Å². The molecule has 1 aliphatic rings. The number of benzene rings is 1. The lowest BCUT2D eigenvalue weighted by molar-refractivity contribution is -0.0974. The van der Waals surface area contributed by atoms with Gasteiger partial charge in [-0.2, -0.15) is 0 Å². The van der Waals surface area contributed by atoms with Crippen molar-refractivity contribution in [2.24, 2.45) is 5.92 Å². The minimum absolute atomic E-state index is 0.262. The third kappa shape index (κ3) is 2.32. The summed E-state index contributed by atoms with van der Waals surface area (Å²) in [4.78, 5) is 2.49. The van der Waals surface area contributed by atoms with Gasteiger partial charge in [0, 0.05) is 24.5 Å². The van der Waals surface area contributed by atoms with E-state index in [1.54, 1.807) is 0 Å². The highest BCUT2D eigenvalue weighted by Crippen LogP contribution is 2.40. The lowest BCUT2D eigenvalue weighted by Gasteiger charge is -2.48. The zero-order valence-corrected chi connectivity index (χ0v) is 11.9. The van der Waals surface area contributed by atoms with Crippen molar-refractivity contribution >= 4 is 0 Å². The van der Waals surface area contributed by atoms with Gasteiger partial charge in [-0.1, -0.05) is 37.3 Å². The zero-order chi connectivity index (χ0) is 13.3. The van der Waals surface area contributed by atoms with Crippen molar-refractivity contribution in [1.82, 2.24) is 4.90 Å². The van der Waals surface area contributed by atoms with Crippen molar-refractivity contribution in [2.45, 2.75) is 51.8 Å². The number of likely N-dealkylation sites (tertiary alicyclic amines) is 1. The molecule has 2 heteroatoms. The summed E-state index contributed by atoms with van der Waals surface area (Å²) in [5.74, 6) is 0.262. The minimum Gasteiger partial charge on any atom is -0.385 e. The van der Waals surface area contributed by atoms with Gasteiger partial charge < -0.3 is 5.11 Å². The van der Waals surface area contributed by atoms with Crippen LogP contribution in [-0.2, 0) is 5.60 Å². The summed E-state index contributed by atoms with van der Waals surface area (Å²) in [6.07, 6.45) is 0.816. The molecule has 1 aromatic rings. The molecule has 18 heavy (non-hydrogen) atoms. The first-order valence-electron chi connectivity index (χ1n) is 6.99. The molecule has 1 N–H and O–H groups in total. The van der Waals surface area contributed by atoms with Crippen molar-refractivity contribution in [3.8, 4) is 0 Å². The van der Waals surface area contributed by atoms with Crippen molar-refractivity contribution in [3.05, 3.63) is 35.9 Å². The molecule has 1 saturated heterocycles. The van der Waals surface area contributed by atoms with Crippen molar-refractivity contribution in [1.29, 1.82) is 0 Å². The van der Waals surface area contributed by atoms with Crippen LogP contribution in [-0.4, -0.2) is 28.6 Å². The van der Waals surface area contributed by atoms with Gasteiger partial charge in [0.25, 0.3) is 0 Å². The maximum atomic E-state index is 11.1. The maximum Gasteiger partial charge on any atom is 0.0948 e. The number of rotatable bonds is 2. The first kappa shape index (κ1) is 13.6. The molecule has 0 radical (unpaired) electrons. The summed E-state index contributed by atoms with van der Waals surface area (Å²) >= 11 is 0. The molecule has 0 saturated carbocycles. The first-order chi connectivity index (χ1) is 8.45. The summed E-state index contributed by atoms with van der Waals surface area (Å²) in [6.45, 7) is 9.81. The van der Waals surface area contributed by atoms with E-state index >= 15 is 0 Å². The minimum atomic E-state index is -0.675. The number of piperidine rings is 1. The third-order valence-electron chi connectivity index (χ3n) is 4.41. The van der Waals surface area contributed by atoms with E-state index in [4.69, 9.17) is 0 Å². The van der Waals surface area contributed by atoms with Crippen LogP contribution >= 0.6 is 0 Å². The van der Waals surface area contributed by atoms with Gasteiger partial charge in [-0.05, 0) is 32.8 Å². The van der Waals surface area contributed by atoms with Gasteiger partial charge in [0.2, 0.25) is 0 Å². The van der Waals surface area contributed by atoms with E-state index in [-0.39, 0.29) is 5.92 Å². The van der Waals surface area contributed by atoms with E-state index in [9.17, 15) is 5.11 Å². The Morgan fingerprint density at radius 2 is 1.83 bits per heavy atom. The first-order valence-corrected chi connectivity index (χ1v) is 6.99. The normalized spacial score (nSPS) is 33.9. The molecule has 0 amide bonds. The number of hydrogen-bond acceptors (Lipinski definition) is 2. The number of nitrogens with zero attached hydrogens (tertiary/aromatic N) is 1. The molecule has 1 aliphatic heterocycles. The molecule has 2 nitrogen and oxygen atoms in total. The van der Waals surface area contributed by atoms with E-state index in [1.165, 1.54) is 0 Å². The molecule has 1 heterocycles. The lowest BCUT2D eigenvalue weighted by Crippen LogP contribution is -2.55. The van der Waals surface area contributed by atoms with Crippen LogP contribution in [0.4, 0.5) is 0 Å². The monoisotopic (exact) mass is 247 g/mol. The number of hydrogen-bond donors (Lipinski definition) is 1. The van der Waals surface area contributed by atoms with Gasteiger partial charge in [-0.25, -0.2) is 0 Å². The average molecular weight is 247 g/mol. The smallest absolute Gasteiger partial charge is 0.0948 e. The predicted molar refractivity (Wildman–Crippen MR) is 75.4 cm³/mol. The summed E-state index contributed by atoms with van der Waals surface area (Å²) in [6, 6.07) is 11.1. The molecule has 1 aromatic carbocycles. The van der Waals surface area contributed by atoms with Crippen molar-refractivity contribution in [2.75, 3.05) is 6.54 Å². The standard InChI is InChI=1S/C16H25NO/c1-12(2)17-11-13(3)16(18,10-14(17)4)15-8-6-5-7-9-15/h5-9,12-14,18H,10-11H2,1-4H3/t13-,14?,16?/m1/s1. The highest BCUT2D eigenvalue weighted by Gasteiger charge is 2.43. The molecule has 0 spiro atoms. The van der Waals surface area contributed by atoms with Crippen LogP contribution in [0, 0.1) is 5.92 Å². The molecule has 2 rings (SSSR count). The Bertz CT molecular complexity index is 389. The SMILES string of the molecule is CC(C)N1C[C@@H](C)C(O)(c2ccccc2)CC1C. The molecule has 2 unspecified atom stereocenters. The molecule has 0 bridgehead atoms. The van der Waals surface area contributed by atoms with Crippen LogP contribution in [0.2, 0.25) is 0 Å². The van der Waals surface area contributed by atoms with E-state index in [2.05, 4.69) is 32.6 Å². The van der Waals surface area contributed by atoms with Crippen LogP contribution in [0.15, 0.2) is 30.3 Å². The topological polar surface area (TPSA) is 23.5 Å². The maximum absolute atomic E-state index is 11.1. The Morgan fingerprint density at radius 1 is 1.22 bits per heavy atom. The van der Waals surface area contributed by atoms with Gasteiger partial charge in [0.15, 0.2) is 0 Å². The quantitative estimate of drug-likeness (QED) is 0.868. The fourth-order valence-electron chi connectivity index (χ4n) is 3.26. The second kappa shape index (κ2) is 5.02. The van der Waals surface area contributed by atoms with Crippen molar-refractivity contribution < 1.29 is 5.11 Å². The molecule has 0 aromatic heterocycles. The van der Waals surface area contributed by atoms with Crippen LogP contribution in [0.1, 0.15) is 39.7 Å². The Labute approximate surface area is 111 Å². The molecule has 3 atom stereocenters. The van der Waals surface area contributed by atoms with E-state index in [1.807, 2.05) is 30.3 Å². The highest BCUT2D eigenvalue weighted by atomic mass is 16.3. The van der Waals surface area contributed by atoms with E-state index in [0.29, 0.717) is 12.1 Å². The summed E-state index contributed by atoms with van der Waals surface area (Å²) < 4.78 is 0. The second-order valence-electron chi connectivity index (χ2n) is 6.04. The molecule has 1 fully saturated rings. The van der Waals surface area contributed by atoms with Gasteiger partial charge in [0.1, 0.15) is 0 Å². The van der Waals surface area contributed by atoms with E-state index in [0.717, 1.165) is 18.5 Å². The summed E-state index contributed by atoms with van der Waals surface area (Å²) in [7, 11) is 0. The van der Waals surface area contributed by atoms with Crippen LogP contribution in [0.25, 0.3) is 0 Å². The highest BCUT2D eigenvalue weighted by molar-refractivity contribution is 5.24. The van der Waals surface area contributed by atoms with Crippen molar-refractivity contribution in [3.63, 3.8) is 0 Å².